The third kappa shape index (κ3) is 4.68. The van der Waals surface area contributed by atoms with Crippen LogP contribution in [-0.2, 0) is 16.0 Å². The van der Waals surface area contributed by atoms with E-state index in [1.165, 1.54) is 0 Å². The Bertz CT molecular complexity index is 791. The molecule has 0 spiro atoms. The van der Waals surface area contributed by atoms with Crippen molar-refractivity contribution in [3.05, 3.63) is 46.6 Å². The fourth-order valence-corrected chi connectivity index (χ4v) is 2.97. The summed E-state index contributed by atoms with van der Waals surface area (Å²) in [6.07, 6.45) is 3.45. The quantitative estimate of drug-likeness (QED) is 0.752. The number of carboxylic acids is 1. The van der Waals surface area contributed by atoms with E-state index in [-0.39, 0.29) is 12.3 Å². The van der Waals surface area contributed by atoms with Crippen LogP contribution in [0.5, 0.6) is 0 Å². The molecule has 2 N–H and O–H groups in total. The van der Waals surface area contributed by atoms with Gasteiger partial charge in [-0.1, -0.05) is 34.5 Å². The zero-order chi connectivity index (χ0) is 18.7. The van der Waals surface area contributed by atoms with Crippen LogP contribution in [-0.4, -0.2) is 27.1 Å². The van der Waals surface area contributed by atoms with Gasteiger partial charge in [0.15, 0.2) is 11.9 Å². The topological polar surface area (TPSA) is 105 Å². The number of benzene rings is 1. The summed E-state index contributed by atoms with van der Waals surface area (Å²) in [7, 11) is 0. The lowest BCUT2D eigenvalue weighted by atomic mass is 10.0. The molecule has 0 bridgehead atoms. The Balaban J connectivity index is 1.53. The molecule has 3 rings (SSSR count). The lowest BCUT2D eigenvalue weighted by Crippen LogP contribution is -2.33. The molecule has 0 aliphatic heterocycles. The molecule has 26 heavy (non-hydrogen) atoms. The molecule has 1 aliphatic carbocycles. The van der Waals surface area contributed by atoms with E-state index in [1.54, 1.807) is 12.1 Å². The molecule has 7 nitrogen and oxygen atoms in total. The average Bonchev–Trinajstić information content (AvgIpc) is 3.31. The Labute approximate surface area is 151 Å². The van der Waals surface area contributed by atoms with Crippen LogP contribution in [0.3, 0.4) is 0 Å². The summed E-state index contributed by atoms with van der Waals surface area (Å²) in [5.41, 5.74) is 2.50. The van der Waals surface area contributed by atoms with Gasteiger partial charge in [-0.05, 0) is 38.7 Å². The van der Waals surface area contributed by atoms with E-state index in [9.17, 15) is 14.7 Å². The third-order valence-corrected chi connectivity index (χ3v) is 4.35. The van der Waals surface area contributed by atoms with E-state index in [1.807, 2.05) is 19.9 Å². The maximum absolute atomic E-state index is 12.2. The Hall–Kier alpha value is -2.70. The van der Waals surface area contributed by atoms with E-state index in [0.717, 1.165) is 29.8 Å². The summed E-state index contributed by atoms with van der Waals surface area (Å²) in [6, 6.07) is 4.48. The van der Waals surface area contributed by atoms with Crippen molar-refractivity contribution >= 4 is 11.9 Å². The zero-order valence-electron chi connectivity index (χ0n) is 15.0. The third-order valence-electron chi connectivity index (χ3n) is 4.35. The van der Waals surface area contributed by atoms with Crippen LogP contribution in [0.1, 0.15) is 66.0 Å². The van der Waals surface area contributed by atoms with Crippen molar-refractivity contribution < 1.29 is 19.2 Å². The van der Waals surface area contributed by atoms with Gasteiger partial charge in [-0.2, -0.15) is 4.98 Å². The second kappa shape index (κ2) is 7.68. The molecule has 1 unspecified atom stereocenters. The van der Waals surface area contributed by atoms with E-state index in [0.29, 0.717) is 30.2 Å². The monoisotopic (exact) mass is 357 g/mol. The van der Waals surface area contributed by atoms with Gasteiger partial charge in [0.25, 0.3) is 0 Å². The zero-order valence-corrected chi connectivity index (χ0v) is 15.0. The van der Waals surface area contributed by atoms with Crippen LogP contribution in [0.25, 0.3) is 0 Å². The van der Waals surface area contributed by atoms with Crippen LogP contribution in [0.2, 0.25) is 0 Å². The molecule has 1 fully saturated rings. The number of hydrogen-bond acceptors (Lipinski definition) is 5. The standard InChI is InChI=1S/C19H23N3O4/c1-11-8-12(2)10-14(9-11)17(19(24)25)20-15(23)4-3-5-16-21-18(22-26-16)13-6-7-13/h8-10,13,17H,3-7H2,1-2H3,(H,20,23)(H,24,25). The van der Waals surface area contributed by atoms with Gasteiger partial charge in [-0.3, -0.25) is 4.79 Å². The van der Waals surface area contributed by atoms with Gasteiger partial charge >= 0.3 is 5.97 Å². The molecular formula is C19H23N3O4. The Kier molecular flexibility index (Phi) is 5.35. The van der Waals surface area contributed by atoms with E-state index < -0.39 is 12.0 Å². The number of carbonyl (C=O) groups is 2. The number of aryl methyl sites for hydroxylation is 3. The van der Waals surface area contributed by atoms with Crippen LogP contribution in [0, 0.1) is 13.8 Å². The summed E-state index contributed by atoms with van der Waals surface area (Å²) in [5.74, 6) is 0.340. The highest BCUT2D eigenvalue weighted by Gasteiger charge is 2.28. The van der Waals surface area contributed by atoms with Crippen molar-refractivity contribution in [3.8, 4) is 0 Å². The number of carbonyl (C=O) groups excluding carboxylic acids is 1. The number of nitrogens with one attached hydrogen (secondary N) is 1. The predicted molar refractivity (Wildman–Crippen MR) is 93.6 cm³/mol. The lowest BCUT2D eigenvalue weighted by Gasteiger charge is -2.16. The molecule has 1 aliphatic rings. The van der Waals surface area contributed by atoms with Gasteiger partial charge in [-0.15, -0.1) is 0 Å². The molecule has 1 amide bonds. The van der Waals surface area contributed by atoms with Gasteiger partial charge in [0.05, 0.1) is 0 Å². The van der Waals surface area contributed by atoms with E-state index >= 15 is 0 Å². The lowest BCUT2D eigenvalue weighted by molar-refractivity contribution is -0.142. The largest absolute Gasteiger partial charge is 0.479 e. The number of nitrogens with zero attached hydrogens (tertiary/aromatic N) is 2. The molecular weight excluding hydrogens is 334 g/mol. The number of aliphatic carboxylic acids is 1. The number of hydrogen-bond donors (Lipinski definition) is 2. The van der Waals surface area contributed by atoms with Gasteiger partial charge in [-0.25, -0.2) is 4.79 Å². The van der Waals surface area contributed by atoms with E-state index in [4.69, 9.17) is 4.52 Å². The van der Waals surface area contributed by atoms with Crippen molar-refractivity contribution in [3.63, 3.8) is 0 Å². The van der Waals surface area contributed by atoms with Crippen molar-refractivity contribution in [2.24, 2.45) is 0 Å². The molecule has 2 aromatic rings. The molecule has 0 radical (unpaired) electrons. The van der Waals surface area contributed by atoms with Gasteiger partial charge in [0.2, 0.25) is 11.8 Å². The Morgan fingerprint density at radius 1 is 1.27 bits per heavy atom. The molecule has 0 saturated heterocycles. The second-order valence-corrected chi connectivity index (χ2v) is 6.93. The number of amides is 1. The first kappa shape index (κ1) is 18.1. The minimum absolute atomic E-state index is 0.204. The summed E-state index contributed by atoms with van der Waals surface area (Å²) in [5, 5.41) is 16.0. The fraction of sp³-hybridized carbons (Fsp3) is 0.474. The summed E-state index contributed by atoms with van der Waals surface area (Å²) in [4.78, 5) is 28.1. The van der Waals surface area contributed by atoms with Gasteiger partial charge in [0.1, 0.15) is 0 Å². The highest BCUT2D eigenvalue weighted by atomic mass is 16.5. The summed E-state index contributed by atoms with van der Waals surface area (Å²) < 4.78 is 5.18. The molecule has 138 valence electrons. The summed E-state index contributed by atoms with van der Waals surface area (Å²) in [6.45, 7) is 3.80. The van der Waals surface area contributed by atoms with Crippen molar-refractivity contribution in [1.29, 1.82) is 0 Å². The molecule has 1 saturated carbocycles. The number of carboxylic acid groups (broad SMARTS) is 1. The molecule has 1 atom stereocenters. The SMILES string of the molecule is Cc1cc(C)cc(C(NC(=O)CCCc2nc(C3CC3)no2)C(=O)O)c1. The molecule has 1 aromatic heterocycles. The first-order valence-electron chi connectivity index (χ1n) is 8.85. The molecule has 7 heteroatoms. The predicted octanol–water partition coefficient (Wildman–Crippen LogP) is 2.83. The van der Waals surface area contributed by atoms with Gasteiger partial charge < -0.3 is 14.9 Å². The first-order chi connectivity index (χ1) is 12.4. The first-order valence-corrected chi connectivity index (χ1v) is 8.85. The van der Waals surface area contributed by atoms with E-state index in [2.05, 4.69) is 15.5 Å². The minimum Gasteiger partial charge on any atom is -0.479 e. The van der Waals surface area contributed by atoms with Crippen LogP contribution in [0.15, 0.2) is 22.7 Å². The average molecular weight is 357 g/mol. The highest BCUT2D eigenvalue weighted by molar-refractivity contribution is 5.84. The minimum atomic E-state index is -1.07. The smallest absolute Gasteiger partial charge is 0.330 e. The van der Waals surface area contributed by atoms with Gasteiger partial charge in [0, 0.05) is 18.8 Å². The van der Waals surface area contributed by atoms with Crippen molar-refractivity contribution in [2.75, 3.05) is 0 Å². The second-order valence-electron chi connectivity index (χ2n) is 6.93. The molecule has 1 aromatic carbocycles. The number of aromatic nitrogens is 2. The highest BCUT2D eigenvalue weighted by Crippen LogP contribution is 2.38. The normalized spacial score (nSPS) is 14.8. The number of rotatable bonds is 8. The maximum atomic E-state index is 12.2. The van der Waals surface area contributed by atoms with Crippen LogP contribution >= 0.6 is 0 Å². The Morgan fingerprint density at radius 3 is 2.58 bits per heavy atom. The van der Waals surface area contributed by atoms with Crippen LogP contribution in [0.4, 0.5) is 0 Å². The fourth-order valence-electron chi connectivity index (χ4n) is 2.97. The van der Waals surface area contributed by atoms with Crippen LogP contribution < -0.4 is 5.32 Å². The molecule has 1 heterocycles. The Morgan fingerprint density at radius 2 is 1.96 bits per heavy atom. The summed E-state index contributed by atoms with van der Waals surface area (Å²) >= 11 is 0. The van der Waals surface area contributed by atoms with Crippen molar-refractivity contribution in [1.82, 2.24) is 15.5 Å². The van der Waals surface area contributed by atoms with Crippen molar-refractivity contribution in [2.45, 2.75) is 57.9 Å². The maximum Gasteiger partial charge on any atom is 0.330 e.